The first-order valence-electron chi connectivity index (χ1n) is 12.2. The Balaban J connectivity index is 1.05. The molecule has 2 saturated carbocycles. The van der Waals surface area contributed by atoms with Gasteiger partial charge >= 0.3 is 0 Å². The lowest BCUT2D eigenvalue weighted by atomic mass is 10.1. The number of hydrogen-bond acceptors (Lipinski definition) is 8. The zero-order valence-corrected chi connectivity index (χ0v) is 20.7. The number of nitrogens with one attached hydrogen (secondary N) is 2. The predicted molar refractivity (Wildman–Crippen MR) is 134 cm³/mol. The smallest absolute Gasteiger partial charge is 0.143 e. The number of pyridine rings is 1. The van der Waals surface area contributed by atoms with E-state index in [4.69, 9.17) is 16.6 Å². The third-order valence-corrected chi connectivity index (χ3v) is 7.49. The van der Waals surface area contributed by atoms with Crippen molar-refractivity contribution in [2.24, 2.45) is 17.8 Å². The average Bonchev–Trinajstić information content (AvgIpc) is 3.62. The number of nitrogens with zero attached hydrogens (tertiary/aromatic N) is 7. The van der Waals surface area contributed by atoms with E-state index in [-0.39, 0.29) is 0 Å². The molecular weight excluding hydrogens is 478 g/mol. The maximum atomic E-state index is 10.7. The van der Waals surface area contributed by atoms with Gasteiger partial charge in [-0.2, -0.15) is 5.10 Å². The molecule has 6 rings (SSSR count). The molecule has 186 valence electrons. The third kappa shape index (κ3) is 4.97. The van der Waals surface area contributed by atoms with Crippen LogP contribution in [0.4, 0.5) is 5.82 Å². The van der Waals surface area contributed by atoms with Gasteiger partial charge in [-0.05, 0) is 83.3 Å². The Labute approximate surface area is 213 Å². The van der Waals surface area contributed by atoms with Crippen LogP contribution in [0.25, 0.3) is 5.69 Å². The molecule has 0 saturated heterocycles. The molecule has 1 aromatic carbocycles. The molecule has 3 aromatic heterocycles. The summed E-state index contributed by atoms with van der Waals surface area (Å²) in [5.41, 5.74) is 4.37. The first kappa shape index (κ1) is 23.1. The zero-order valence-electron chi connectivity index (χ0n) is 19.9. The third-order valence-electron chi connectivity index (χ3n) is 7.25. The molecule has 3 atom stereocenters. The normalized spacial score (nSPS) is 20.7. The van der Waals surface area contributed by atoms with Gasteiger partial charge in [0.25, 0.3) is 0 Å². The second-order valence-corrected chi connectivity index (χ2v) is 10.1. The summed E-state index contributed by atoms with van der Waals surface area (Å²) in [4.78, 5) is 4.72. The van der Waals surface area contributed by atoms with Gasteiger partial charge in [0.1, 0.15) is 18.4 Å². The number of tetrazole rings is 1. The second kappa shape index (κ2) is 9.61. The lowest BCUT2D eigenvalue weighted by Crippen LogP contribution is -2.21. The summed E-state index contributed by atoms with van der Waals surface area (Å²) in [6, 6.07) is 9.56. The Morgan fingerprint density at radius 2 is 2.08 bits per heavy atom. The van der Waals surface area contributed by atoms with Crippen molar-refractivity contribution >= 4 is 17.4 Å². The molecule has 0 aliphatic heterocycles. The maximum Gasteiger partial charge on any atom is 0.143 e. The van der Waals surface area contributed by atoms with Crippen LogP contribution in [0.1, 0.15) is 41.5 Å². The molecule has 10 nitrogen and oxygen atoms in total. The van der Waals surface area contributed by atoms with Crippen LogP contribution in [0, 0.1) is 24.7 Å². The number of halogens is 1. The van der Waals surface area contributed by atoms with Crippen LogP contribution < -0.4 is 10.6 Å². The Hall–Kier alpha value is -3.34. The molecular formula is C25H28ClN9O. The molecule has 0 bridgehead atoms. The monoisotopic (exact) mass is 505 g/mol. The molecule has 2 fully saturated rings. The van der Waals surface area contributed by atoms with E-state index in [0.29, 0.717) is 23.7 Å². The summed E-state index contributed by atoms with van der Waals surface area (Å²) in [5.74, 6) is 3.98. The fourth-order valence-corrected chi connectivity index (χ4v) is 5.06. The van der Waals surface area contributed by atoms with Gasteiger partial charge in [-0.25, -0.2) is 9.67 Å². The lowest BCUT2D eigenvalue weighted by molar-refractivity contribution is 0.137. The van der Waals surface area contributed by atoms with Crippen LogP contribution >= 0.6 is 11.6 Å². The molecule has 36 heavy (non-hydrogen) atoms. The van der Waals surface area contributed by atoms with Gasteiger partial charge in [-0.3, -0.25) is 10.00 Å². The number of aryl methyl sites for hydroxylation is 1. The highest BCUT2D eigenvalue weighted by atomic mass is 35.5. The molecule has 2 aliphatic rings. The van der Waals surface area contributed by atoms with Crippen molar-refractivity contribution in [3.63, 3.8) is 0 Å². The minimum atomic E-state index is -0.900. The highest BCUT2D eigenvalue weighted by Gasteiger charge is 2.62. The van der Waals surface area contributed by atoms with E-state index >= 15 is 0 Å². The highest BCUT2D eigenvalue weighted by molar-refractivity contribution is 6.30. The average molecular weight is 506 g/mol. The van der Waals surface area contributed by atoms with Crippen molar-refractivity contribution in [1.29, 1.82) is 0 Å². The van der Waals surface area contributed by atoms with Crippen LogP contribution in [-0.2, 0) is 13.1 Å². The Morgan fingerprint density at radius 1 is 1.19 bits per heavy atom. The Morgan fingerprint density at radius 3 is 2.83 bits per heavy atom. The molecule has 2 aliphatic carbocycles. The van der Waals surface area contributed by atoms with E-state index in [9.17, 15) is 5.11 Å². The zero-order chi connectivity index (χ0) is 24.6. The van der Waals surface area contributed by atoms with Crippen molar-refractivity contribution in [1.82, 2.24) is 40.3 Å². The molecule has 0 amide bonds. The number of anilines is 1. The van der Waals surface area contributed by atoms with Gasteiger partial charge in [0.2, 0.25) is 0 Å². The van der Waals surface area contributed by atoms with Crippen molar-refractivity contribution < 1.29 is 5.11 Å². The number of aliphatic hydroxyl groups excluding tert-OH is 1. The minimum absolute atomic E-state index is 0.363. The summed E-state index contributed by atoms with van der Waals surface area (Å²) in [6.45, 7) is 3.95. The molecule has 3 N–H and O–H groups in total. The van der Waals surface area contributed by atoms with Gasteiger partial charge in [-0.1, -0.05) is 17.7 Å². The maximum absolute atomic E-state index is 10.7. The van der Waals surface area contributed by atoms with E-state index in [1.165, 1.54) is 19.2 Å². The molecule has 3 heterocycles. The number of benzene rings is 1. The quantitative estimate of drug-likeness (QED) is 0.266. The van der Waals surface area contributed by atoms with Crippen LogP contribution in [0.15, 0.2) is 49.1 Å². The molecule has 4 aromatic rings. The molecule has 0 spiro atoms. The summed E-state index contributed by atoms with van der Waals surface area (Å²) >= 11 is 6.19. The number of fused-ring (bicyclic) bond motifs is 1. The van der Waals surface area contributed by atoms with E-state index in [1.807, 2.05) is 36.0 Å². The highest BCUT2D eigenvalue weighted by Crippen LogP contribution is 2.69. The summed E-state index contributed by atoms with van der Waals surface area (Å²) < 4.78 is 3.37. The fourth-order valence-electron chi connectivity index (χ4n) is 4.86. The van der Waals surface area contributed by atoms with Crippen molar-refractivity contribution in [2.45, 2.75) is 39.1 Å². The van der Waals surface area contributed by atoms with Gasteiger partial charge in [0, 0.05) is 35.6 Å². The second-order valence-electron chi connectivity index (χ2n) is 9.67. The van der Waals surface area contributed by atoms with Crippen LogP contribution in [0.5, 0.6) is 0 Å². The summed E-state index contributed by atoms with van der Waals surface area (Å²) in [6.07, 6.45) is 6.83. The van der Waals surface area contributed by atoms with Crippen molar-refractivity contribution in [3.8, 4) is 5.69 Å². The van der Waals surface area contributed by atoms with E-state index in [1.54, 1.807) is 16.9 Å². The predicted octanol–water partition coefficient (Wildman–Crippen LogP) is 3.11. The molecule has 11 heteroatoms. The van der Waals surface area contributed by atoms with Gasteiger partial charge < -0.3 is 10.4 Å². The first-order chi connectivity index (χ1) is 17.5. The Kier molecular flexibility index (Phi) is 6.16. The first-order valence-corrected chi connectivity index (χ1v) is 12.6. The fraction of sp³-hybridized carbons (Fsp3) is 0.400. The van der Waals surface area contributed by atoms with Gasteiger partial charge in [-0.15, -0.1) is 5.10 Å². The van der Waals surface area contributed by atoms with Crippen molar-refractivity contribution in [2.75, 3.05) is 11.9 Å². The number of rotatable bonds is 11. The molecule has 3 unspecified atom stereocenters. The van der Waals surface area contributed by atoms with E-state index in [0.717, 1.165) is 52.6 Å². The van der Waals surface area contributed by atoms with E-state index < -0.39 is 6.23 Å². The summed E-state index contributed by atoms with van der Waals surface area (Å²) in [7, 11) is 0. The van der Waals surface area contributed by atoms with Gasteiger partial charge in [0.05, 0.1) is 18.4 Å². The largest absolute Gasteiger partial charge is 0.374 e. The Bertz CT molecular complexity index is 1350. The van der Waals surface area contributed by atoms with Crippen molar-refractivity contribution in [3.05, 3.63) is 76.5 Å². The standard InChI is InChI=1S/C25H28ClN9O/c1-15-16(2-5-24(31-15)27-7-6-20-21-9-22(20)21)12-34-13-18(11-30-34)25(36)28-10-17-8-19(26)3-4-23(17)35-14-29-32-33-35/h2-5,8,11,13-14,20-22,25,28,36H,6-7,9-10,12H2,1H3,(H,27,31). The minimum Gasteiger partial charge on any atom is -0.374 e. The van der Waals surface area contributed by atoms with Gasteiger partial charge in [0.15, 0.2) is 0 Å². The van der Waals surface area contributed by atoms with E-state index in [2.05, 4.69) is 37.3 Å². The lowest BCUT2D eigenvalue weighted by Gasteiger charge is -2.14. The number of aromatic nitrogens is 7. The van der Waals surface area contributed by atoms with Crippen LogP contribution in [0.3, 0.4) is 0 Å². The van der Waals surface area contributed by atoms with Crippen LogP contribution in [0.2, 0.25) is 5.02 Å². The molecule has 0 radical (unpaired) electrons. The number of aliphatic hydroxyl groups is 1. The SMILES string of the molecule is Cc1nc(NCCC2C3CC23)ccc1Cn1cc(C(O)NCc2cc(Cl)ccc2-n2cnnn2)cn1. The van der Waals surface area contributed by atoms with Crippen LogP contribution in [-0.4, -0.2) is 46.6 Å². The number of hydrogen-bond donors (Lipinski definition) is 3. The topological polar surface area (TPSA) is 119 Å². The summed E-state index contributed by atoms with van der Waals surface area (Å²) in [5, 5.41) is 33.6.